The highest BCUT2D eigenvalue weighted by Crippen LogP contribution is 2.29. The van der Waals surface area contributed by atoms with Crippen molar-refractivity contribution in [3.63, 3.8) is 0 Å². The molecule has 11 heteroatoms. The minimum atomic E-state index is -1.32. The topological polar surface area (TPSA) is 79.3 Å². The van der Waals surface area contributed by atoms with Gasteiger partial charge in [0.05, 0.1) is 24.3 Å². The maximum absolute atomic E-state index is 14.6. The summed E-state index contributed by atoms with van der Waals surface area (Å²) < 4.78 is 56.9. The van der Waals surface area contributed by atoms with Crippen LogP contribution < -0.4 is 10.6 Å². The molecule has 4 rings (SSSR count). The highest BCUT2D eigenvalue weighted by Gasteiger charge is 2.41. The molecule has 0 radical (unpaired) electrons. The number of rotatable bonds is 4. The Kier molecular flexibility index (Phi) is 6.41. The zero-order valence-corrected chi connectivity index (χ0v) is 19.2. The summed E-state index contributed by atoms with van der Waals surface area (Å²) in [5.74, 6) is -4.61. The van der Waals surface area contributed by atoms with Gasteiger partial charge in [-0.1, -0.05) is 20.8 Å². The molecule has 2 aliphatic rings. The maximum atomic E-state index is 14.6. The van der Waals surface area contributed by atoms with Crippen LogP contribution in [0.25, 0.3) is 11.4 Å². The zero-order chi connectivity index (χ0) is 24.8. The van der Waals surface area contributed by atoms with E-state index in [1.807, 2.05) is 0 Å². The van der Waals surface area contributed by atoms with Gasteiger partial charge in [0.1, 0.15) is 23.9 Å². The van der Waals surface area contributed by atoms with Crippen LogP contribution >= 0.6 is 0 Å². The molecule has 7 nitrogen and oxygen atoms in total. The number of carbonyl (C=O) groups excluding carboxylic acids is 2. The second-order valence-corrected chi connectivity index (χ2v) is 9.77. The number of alkyl halides is 1. The number of hydrogen-bond donors (Lipinski definition) is 2. The van der Waals surface area contributed by atoms with Crippen LogP contribution in [0.2, 0.25) is 0 Å². The predicted molar refractivity (Wildman–Crippen MR) is 116 cm³/mol. The molecule has 2 aliphatic heterocycles. The predicted octanol–water partition coefficient (Wildman–Crippen LogP) is 2.79. The minimum Gasteiger partial charge on any atom is -0.338 e. The summed E-state index contributed by atoms with van der Waals surface area (Å²) in [5, 5.41) is 5.88. The van der Waals surface area contributed by atoms with Crippen molar-refractivity contribution in [3.8, 4) is 11.4 Å². The second kappa shape index (κ2) is 9.01. The summed E-state index contributed by atoms with van der Waals surface area (Å²) in [7, 11) is 0. The van der Waals surface area contributed by atoms with Crippen LogP contribution in [-0.2, 0) is 17.9 Å². The first kappa shape index (κ1) is 24.2. The Balaban J connectivity index is 1.71. The Hall–Kier alpha value is -2.95. The number of hydrogen-bond acceptors (Lipinski definition) is 4. The van der Waals surface area contributed by atoms with Gasteiger partial charge < -0.3 is 20.1 Å². The fourth-order valence-electron chi connectivity index (χ4n) is 4.19. The van der Waals surface area contributed by atoms with Crippen LogP contribution in [0.5, 0.6) is 0 Å². The first-order valence-corrected chi connectivity index (χ1v) is 11.2. The average molecular weight is 481 g/mol. The lowest BCUT2D eigenvalue weighted by Crippen LogP contribution is -2.61. The number of likely N-dealkylation sites (tertiary alicyclic amines) is 1. The average Bonchev–Trinajstić information content (AvgIpc) is 2.91. The molecule has 1 fully saturated rings. The van der Waals surface area contributed by atoms with Gasteiger partial charge in [-0.2, -0.15) is 0 Å². The molecule has 0 aliphatic carbocycles. The number of benzene rings is 1. The van der Waals surface area contributed by atoms with Gasteiger partial charge in [0, 0.05) is 19.2 Å². The first-order valence-electron chi connectivity index (χ1n) is 11.2. The molecule has 184 valence electrons. The number of halogens is 4. The molecule has 1 unspecified atom stereocenters. The summed E-state index contributed by atoms with van der Waals surface area (Å²) >= 11 is 0. The summed E-state index contributed by atoms with van der Waals surface area (Å²) in [6.45, 7) is 6.54. The Labute approximate surface area is 194 Å². The van der Waals surface area contributed by atoms with Crippen LogP contribution in [0.1, 0.15) is 43.4 Å². The van der Waals surface area contributed by atoms with Gasteiger partial charge in [-0.3, -0.25) is 9.59 Å². The largest absolute Gasteiger partial charge is 0.338 e. The number of nitrogens with one attached hydrogen (secondary N) is 2. The van der Waals surface area contributed by atoms with Gasteiger partial charge in [0.2, 0.25) is 5.91 Å². The van der Waals surface area contributed by atoms with Crippen LogP contribution in [0, 0.1) is 22.9 Å². The summed E-state index contributed by atoms with van der Waals surface area (Å²) in [4.78, 5) is 32.0. The monoisotopic (exact) mass is 481 g/mol. The van der Waals surface area contributed by atoms with Crippen LogP contribution in [0.3, 0.4) is 0 Å². The first-order chi connectivity index (χ1) is 16.0. The Morgan fingerprint density at radius 2 is 1.82 bits per heavy atom. The molecule has 0 saturated carbocycles. The molecule has 3 heterocycles. The quantitative estimate of drug-likeness (QED) is 0.520. The molecule has 2 aromatic rings. The van der Waals surface area contributed by atoms with E-state index >= 15 is 0 Å². The summed E-state index contributed by atoms with van der Waals surface area (Å²) in [6.07, 6.45) is -0.436. The number of nitrogens with zero attached hydrogens (tertiary/aromatic N) is 3. The van der Waals surface area contributed by atoms with E-state index in [2.05, 4.69) is 15.6 Å². The molecule has 34 heavy (non-hydrogen) atoms. The zero-order valence-electron chi connectivity index (χ0n) is 19.2. The number of fused-ring (bicyclic) bond motifs is 1. The van der Waals surface area contributed by atoms with E-state index in [4.69, 9.17) is 0 Å². The maximum Gasteiger partial charge on any atom is 0.272 e. The summed E-state index contributed by atoms with van der Waals surface area (Å²) in [6, 6.07) is 0.214. The molecule has 1 aromatic carbocycles. The lowest BCUT2D eigenvalue weighted by Gasteiger charge is -2.40. The van der Waals surface area contributed by atoms with E-state index in [0.29, 0.717) is 31.3 Å². The molecule has 1 saturated heterocycles. The smallest absolute Gasteiger partial charge is 0.272 e. The van der Waals surface area contributed by atoms with Crippen molar-refractivity contribution in [3.05, 3.63) is 41.0 Å². The molecular weight excluding hydrogens is 454 g/mol. The second-order valence-electron chi connectivity index (χ2n) is 9.77. The molecule has 0 spiro atoms. The van der Waals surface area contributed by atoms with Gasteiger partial charge in [-0.05, 0) is 24.4 Å². The van der Waals surface area contributed by atoms with E-state index in [9.17, 15) is 27.2 Å². The number of amides is 2. The van der Waals surface area contributed by atoms with Crippen molar-refractivity contribution in [2.24, 2.45) is 5.41 Å². The Morgan fingerprint density at radius 1 is 1.15 bits per heavy atom. The lowest BCUT2D eigenvalue weighted by atomic mass is 9.85. The fourth-order valence-corrected chi connectivity index (χ4v) is 4.19. The van der Waals surface area contributed by atoms with Gasteiger partial charge in [-0.25, -0.2) is 22.5 Å². The van der Waals surface area contributed by atoms with Crippen LogP contribution in [-0.4, -0.2) is 58.1 Å². The molecule has 1 atom stereocenters. The molecular formula is C23H27F4N5O2. The van der Waals surface area contributed by atoms with Crippen molar-refractivity contribution in [1.82, 2.24) is 25.1 Å². The van der Waals surface area contributed by atoms with Gasteiger partial charge in [0.15, 0.2) is 17.3 Å². The molecule has 1 aromatic heterocycles. The van der Waals surface area contributed by atoms with Gasteiger partial charge in [0.25, 0.3) is 5.91 Å². The highest BCUT2D eigenvalue weighted by atomic mass is 19.2. The third-order valence-corrected chi connectivity index (χ3v) is 6.10. The van der Waals surface area contributed by atoms with Crippen molar-refractivity contribution in [2.45, 2.75) is 52.5 Å². The van der Waals surface area contributed by atoms with Crippen molar-refractivity contribution in [1.29, 1.82) is 0 Å². The number of aromatic nitrogens is 2. The Bertz CT molecular complexity index is 1120. The van der Waals surface area contributed by atoms with Gasteiger partial charge in [-0.15, -0.1) is 0 Å². The minimum absolute atomic E-state index is 0.00176. The summed E-state index contributed by atoms with van der Waals surface area (Å²) in [5.41, 5.74) is -0.540. The van der Waals surface area contributed by atoms with E-state index < -0.39 is 46.9 Å². The third-order valence-electron chi connectivity index (χ3n) is 6.10. The van der Waals surface area contributed by atoms with E-state index in [-0.39, 0.29) is 36.7 Å². The molecule has 0 bridgehead atoms. The van der Waals surface area contributed by atoms with E-state index in [0.717, 1.165) is 6.07 Å². The third kappa shape index (κ3) is 4.53. The number of imidazole rings is 1. The SMILES string of the molecule is CC(C)(C)C(NC(=O)c1nc(-c2cc(F)c(F)cc2F)n2c1CNCCC2)C(=O)N1CC(F)C1. The molecule has 2 N–H and O–H groups in total. The van der Waals surface area contributed by atoms with Crippen molar-refractivity contribution < 1.29 is 27.2 Å². The van der Waals surface area contributed by atoms with Crippen molar-refractivity contribution >= 4 is 11.8 Å². The highest BCUT2D eigenvalue weighted by molar-refractivity contribution is 5.98. The standard InChI is InChI=1S/C23H27F4N5O2/c1-23(2,3)19(22(34)31-10-12(24)11-31)30-21(33)18-17-9-28-5-4-6-32(17)20(29-18)13-7-15(26)16(27)8-14(13)25/h7-8,12,19,28H,4-6,9-11H2,1-3H3,(H,30,33). The van der Waals surface area contributed by atoms with E-state index in [1.54, 1.807) is 25.3 Å². The van der Waals surface area contributed by atoms with Gasteiger partial charge >= 0.3 is 0 Å². The van der Waals surface area contributed by atoms with Crippen molar-refractivity contribution in [2.75, 3.05) is 19.6 Å². The normalized spacial score (nSPS) is 17.6. The number of carbonyl (C=O) groups is 2. The molecule has 2 amide bonds. The Morgan fingerprint density at radius 3 is 2.47 bits per heavy atom. The van der Waals surface area contributed by atoms with Crippen LogP contribution in [0.15, 0.2) is 12.1 Å². The lowest BCUT2D eigenvalue weighted by molar-refractivity contribution is -0.143. The van der Waals surface area contributed by atoms with Crippen LogP contribution in [0.4, 0.5) is 17.6 Å². The van der Waals surface area contributed by atoms with E-state index in [1.165, 1.54) is 4.90 Å². The fraction of sp³-hybridized carbons (Fsp3) is 0.522.